The van der Waals surface area contributed by atoms with E-state index in [1.807, 2.05) is 0 Å². The van der Waals surface area contributed by atoms with Crippen molar-refractivity contribution in [1.29, 1.82) is 0 Å². The number of para-hydroxylation sites is 1. The highest BCUT2D eigenvalue weighted by Gasteiger charge is 2.40. The molecule has 3 unspecified atom stereocenters. The summed E-state index contributed by atoms with van der Waals surface area (Å²) in [5.74, 6) is -0.541. The highest BCUT2D eigenvalue weighted by atomic mass is 16.5. The molecule has 0 aliphatic carbocycles. The van der Waals surface area contributed by atoms with Gasteiger partial charge in [-0.25, -0.2) is 4.79 Å². The molecular formula is C15H19NO4. The van der Waals surface area contributed by atoms with E-state index in [-0.39, 0.29) is 5.56 Å². The lowest BCUT2D eigenvalue weighted by atomic mass is 9.95. The number of carboxylic acids is 1. The van der Waals surface area contributed by atoms with E-state index in [4.69, 9.17) is 14.6 Å². The maximum absolute atomic E-state index is 11.0. The zero-order valence-corrected chi connectivity index (χ0v) is 11.2. The lowest BCUT2D eigenvalue weighted by molar-refractivity contribution is 0.0692. The van der Waals surface area contributed by atoms with Gasteiger partial charge in [-0.15, -0.1) is 0 Å². The highest BCUT2D eigenvalue weighted by molar-refractivity contribution is 5.90. The van der Waals surface area contributed by atoms with Gasteiger partial charge in [-0.1, -0.05) is 12.1 Å². The summed E-state index contributed by atoms with van der Waals surface area (Å²) in [4.78, 5) is 11.0. The van der Waals surface area contributed by atoms with E-state index in [0.717, 1.165) is 12.8 Å². The lowest BCUT2D eigenvalue weighted by Gasteiger charge is -2.20. The summed E-state index contributed by atoms with van der Waals surface area (Å²) in [5, 5.41) is 12.5. The van der Waals surface area contributed by atoms with Crippen LogP contribution in [0.3, 0.4) is 0 Å². The first-order valence-electron chi connectivity index (χ1n) is 7.08. The van der Waals surface area contributed by atoms with Crippen molar-refractivity contribution in [2.24, 2.45) is 0 Å². The van der Waals surface area contributed by atoms with Gasteiger partial charge in [0, 0.05) is 12.6 Å². The van der Waals surface area contributed by atoms with Gasteiger partial charge in [0.1, 0.15) is 17.9 Å². The summed E-state index contributed by atoms with van der Waals surface area (Å²) in [7, 11) is 0. The number of aromatic carboxylic acids is 1. The van der Waals surface area contributed by atoms with Crippen LogP contribution in [-0.2, 0) is 4.74 Å². The van der Waals surface area contributed by atoms with Gasteiger partial charge in [-0.05, 0) is 31.4 Å². The molecule has 2 heterocycles. The summed E-state index contributed by atoms with van der Waals surface area (Å²) in [6.45, 7) is 1.16. The Labute approximate surface area is 117 Å². The van der Waals surface area contributed by atoms with Crippen molar-refractivity contribution >= 4 is 5.97 Å². The zero-order chi connectivity index (χ0) is 13.9. The van der Waals surface area contributed by atoms with Crippen LogP contribution in [0, 0.1) is 0 Å². The van der Waals surface area contributed by atoms with Gasteiger partial charge in [0.2, 0.25) is 0 Å². The first kappa shape index (κ1) is 13.4. The van der Waals surface area contributed by atoms with Crippen molar-refractivity contribution in [1.82, 2.24) is 5.32 Å². The molecule has 0 radical (unpaired) electrons. The summed E-state index contributed by atoms with van der Waals surface area (Å²) in [6.07, 6.45) is 4.20. The van der Waals surface area contributed by atoms with Crippen LogP contribution in [0.5, 0.6) is 5.75 Å². The minimum Gasteiger partial charge on any atom is -0.491 e. The average molecular weight is 277 g/mol. The molecule has 108 valence electrons. The van der Waals surface area contributed by atoms with Crippen LogP contribution >= 0.6 is 0 Å². The molecule has 0 saturated carbocycles. The third kappa shape index (κ3) is 2.78. The minimum atomic E-state index is -0.963. The molecule has 2 saturated heterocycles. The number of ether oxygens (including phenoxy) is 2. The topological polar surface area (TPSA) is 67.8 Å². The van der Waals surface area contributed by atoms with E-state index in [1.54, 1.807) is 24.3 Å². The monoisotopic (exact) mass is 277 g/mol. The Hall–Kier alpha value is -1.59. The van der Waals surface area contributed by atoms with Gasteiger partial charge in [0.25, 0.3) is 0 Å². The van der Waals surface area contributed by atoms with Crippen molar-refractivity contribution in [3.8, 4) is 5.75 Å². The number of rotatable bonds is 6. The molecule has 20 heavy (non-hydrogen) atoms. The number of carbonyl (C=O) groups is 1. The first-order chi connectivity index (χ1) is 9.74. The first-order valence-corrected chi connectivity index (χ1v) is 7.08. The Morgan fingerprint density at radius 3 is 2.95 bits per heavy atom. The molecule has 5 nitrogen and oxygen atoms in total. The van der Waals surface area contributed by atoms with E-state index in [2.05, 4.69) is 5.32 Å². The third-order valence-corrected chi connectivity index (χ3v) is 3.99. The molecule has 3 atom stereocenters. The molecular weight excluding hydrogens is 258 g/mol. The predicted octanol–water partition coefficient (Wildman–Crippen LogP) is 1.67. The van der Waals surface area contributed by atoms with Crippen LogP contribution in [0.4, 0.5) is 0 Å². The fraction of sp³-hybridized carbons (Fsp3) is 0.533. The largest absolute Gasteiger partial charge is 0.491 e. The van der Waals surface area contributed by atoms with Gasteiger partial charge in [0.05, 0.1) is 12.2 Å². The van der Waals surface area contributed by atoms with Crippen molar-refractivity contribution in [3.63, 3.8) is 0 Å². The van der Waals surface area contributed by atoms with Gasteiger partial charge >= 0.3 is 5.97 Å². The van der Waals surface area contributed by atoms with Crippen molar-refractivity contribution < 1.29 is 19.4 Å². The smallest absolute Gasteiger partial charge is 0.339 e. The minimum absolute atomic E-state index is 0.204. The standard InChI is InChI=1S/C15H19NO4/c17-15(18)11-3-1-2-4-13(11)19-8-7-16-12-9-10-5-6-14(12)20-10/h1-4,10,12,14,16H,5-9H2,(H,17,18). The zero-order valence-electron chi connectivity index (χ0n) is 11.2. The van der Waals surface area contributed by atoms with E-state index < -0.39 is 5.97 Å². The Balaban J connectivity index is 1.45. The Morgan fingerprint density at radius 1 is 1.40 bits per heavy atom. The van der Waals surface area contributed by atoms with Crippen LogP contribution in [-0.4, -0.2) is 42.5 Å². The molecule has 2 aliphatic heterocycles. The summed E-state index contributed by atoms with van der Waals surface area (Å²) in [5.41, 5.74) is 0.204. The second-order valence-electron chi connectivity index (χ2n) is 5.32. The molecule has 5 heteroatoms. The van der Waals surface area contributed by atoms with Gasteiger partial charge < -0.3 is 19.9 Å². The molecule has 0 aromatic heterocycles. The third-order valence-electron chi connectivity index (χ3n) is 3.99. The molecule has 2 bridgehead atoms. The van der Waals surface area contributed by atoms with Crippen LogP contribution < -0.4 is 10.1 Å². The van der Waals surface area contributed by atoms with E-state index >= 15 is 0 Å². The molecule has 1 aromatic rings. The summed E-state index contributed by atoms with van der Waals surface area (Å²) >= 11 is 0. The normalized spacial score (nSPS) is 27.7. The van der Waals surface area contributed by atoms with E-state index in [9.17, 15) is 4.79 Å². The van der Waals surface area contributed by atoms with Crippen LogP contribution in [0.1, 0.15) is 29.6 Å². The number of hydrogen-bond donors (Lipinski definition) is 2. The summed E-state index contributed by atoms with van der Waals surface area (Å²) in [6, 6.07) is 7.13. The second-order valence-corrected chi connectivity index (χ2v) is 5.32. The van der Waals surface area contributed by atoms with E-state index in [0.29, 0.717) is 37.2 Å². The number of benzene rings is 1. The van der Waals surface area contributed by atoms with Crippen molar-refractivity contribution in [2.45, 2.75) is 37.5 Å². The maximum atomic E-state index is 11.0. The van der Waals surface area contributed by atoms with Crippen LogP contribution in [0.25, 0.3) is 0 Å². The van der Waals surface area contributed by atoms with Crippen molar-refractivity contribution in [3.05, 3.63) is 29.8 Å². The fourth-order valence-electron chi connectivity index (χ4n) is 3.03. The molecule has 2 N–H and O–H groups in total. The SMILES string of the molecule is O=C(O)c1ccccc1OCCNC1CC2CCC1O2. The Morgan fingerprint density at radius 2 is 2.25 bits per heavy atom. The molecule has 2 fully saturated rings. The number of hydrogen-bond acceptors (Lipinski definition) is 4. The molecule has 1 aromatic carbocycles. The molecule has 0 amide bonds. The molecule has 3 rings (SSSR count). The van der Waals surface area contributed by atoms with Gasteiger partial charge in [-0.2, -0.15) is 0 Å². The van der Waals surface area contributed by atoms with Crippen LogP contribution in [0.2, 0.25) is 0 Å². The van der Waals surface area contributed by atoms with Gasteiger partial charge in [-0.3, -0.25) is 0 Å². The number of fused-ring (bicyclic) bond motifs is 2. The van der Waals surface area contributed by atoms with Crippen LogP contribution in [0.15, 0.2) is 24.3 Å². The quantitative estimate of drug-likeness (QED) is 0.774. The lowest BCUT2D eigenvalue weighted by Crippen LogP contribution is -2.39. The average Bonchev–Trinajstić information content (AvgIpc) is 3.06. The summed E-state index contributed by atoms with van der Waals surface area (Å²) < 4.78 is 11.3. The fourth-order valence-corrected chi connectivity index (χ4v) is 3.03. The number of nitrogens with one attached hydrogen (secondary N) is 1. The highest BCUT2D eigenvalue weighted by Crippen LogP contribution is 2.34. The van der Waals surface area contributed by atoms with Gasteiger partial charge in [0.15, 0.2) is 0 Å². The Kier molecular flexibility index (Phi) is 3.89. The molecule has 2 aliphatic rings. The van der Waals surface area contributed by atoms with E-state index in [1.165, 1.54) is 6.42 Å². The Bertz CT molecular complexity index is 491. The maximum Gasteiger partial charge on any atom is 0.339 e. The van der Waals surface area contributed by atoms with Crippen molar-refractivity contribution in [2.75, 3.05) is 13.2 Å². The number of carboxylic acid groups (broad SMARTS) is 1. The molecule has 0 spiro atoms. The second kappa shape index (κ2) is 5.81. The predicted molar refractivity (Wildman–Crippen MR) is 73.2 cm³/mol.